The predicted molar refractivity (Wildman–Crippen MR) is 275 cm³/mol. The summed E-state index contributed by atoms with van der Waals surface area (Å²) < 4.78 is 6.79. The molecule has 3 aliphatic carbocycles. The van der Waals surface area contributed by atoms with Crippen molar-refractivity contribution in [2.24, 2.45) is 38.9 Å². The first kappa shape index (κ1) is 46.4. The molecule has 9 aromatic rings. The van der Waals surface area contributed by atoms with Crippen molar-refractivity contribution in [3.8, 4) is 6.07 Å². The minimum absolute atomic E-state index is 0.0504. The highest BCUT2D eigenvalue weighted by Crippen LogP contribution is 2.53. The van der Waals surface area contributed by atoms with Crippen molar-refractivity contribution in [3.05, 3.63) is 171 Å². The average molecular weight is 1020 g/mol. The molecule has 3 aliphatic rings. The summed E-state index contributed by atoms with van der Waals surface area (Å²) in [4.78, 5) is 47.6. The number of nitrogens with zero attached hydrogens (tertiary/aromatic N) is 5. The zero-order chi connectivity index (χ0) is 49.3. The van der Waals surface area contributed by atoms with E-state index in [0.717, 1.165) is 67.6 Å². The first-order chi connectivity index (χ1) is 33.5. The number of aromatic nitrogens is 7. The van der Waals surface area contributed by atoms with E-state index >= 15 is 0 Å². The minimum atomic E-state index is -0.305. The van der Waals surface area contributed by atoms with E-state index in [-0.39, 0.29) is 34.3 Å². The number of nitrogens with one attached hydrogen (secondary N) is 6. The van der Waals surface area contributed by atoms with Gasteiger partial charge in [-0.1, -0.05) is 48.3 Å². The van der Waals surface area contributed by atoms with E-state index < -0.39 is 0 Å². The van der Waals surface area contributed by atoms with Crippen LogP contribution < -0.4 is 16.0 Å². The summed E-state index contributed by atoms with van der Waals surface area (Å²) in [5.41, 5.74) is 7.57. The van der Waals surface area contributed by atoms with Gasteiger partial charge < -0.3 is 40.0 Å². The van der Waals surface area contributed by atoms with Crippen LogP contribution in [0.25, 0.3) is 32.7 Å². The fourth-order valence-corrected chi connectivity index (χ4v) is 10.5. The number of aromatic amines is 3. The van der Waals surface area contributed by atoms with E-state index in [9.17, 15) is 14.4 Å². The number of hydrogen-bond donors (Lipinski definition) is 6. The van der Waals surface area contributed by atoms with Gasteiger partial charge in [0.1, 0.15) is 17.1 Å². The third-order valence-corrected chi connectivity index (χ3v) is 15.2. The zero-order valence-electron chi connectivity index (χ0n) is 39.6. The topological polar surface area (TPSA) is 186 Å². The molecule has 6 N–H and O–H groups in total. The van der Waals surface area contributed by atoms with E-state index in [0.29, 0.717) is 45.4 Å². The highest BCUT2D eigenvalue weighted by atomic mass is 79.9. The average Bonchev–Trinajstić information content (AvgIpc) is 3.84. The maximum absolute atomic E-state index is 12.7. The Morgan fingerprint density at radius 2 is 1.06 bits per heavy atom. The van der Waals surface area contributed by atoms with Gasteiger partial charge in [0.2, 0.25) is 0 Å². The van der Waals surface area contributed by atoms with Gasteiger partial charge in [0.05, 0.1) is 34.4 Å². The second-order valence-corrected chi connectivity index (χ2v) is 20.9. The zero-order valence-corrected chi connectivity index (χ0v) is 42.0. The van der Waals surface area contributed by atoms with Crippen LogP contribution in [0.1, 0.15) is 93.8 Å². The number of aryl methyl sites for hydroxylation is 3. The van der Waals surface area contributed by atoms with Crippen LogP contribution in [0.15, 0.2) is 127 Å². The summed E-state index contributed by atoms with van der Waals surface area (Å²) in [5, 5.41) is 26.3. The van der Waals surface area contributed by atoms with Gasteiger partial charge in [0, 0.05) is 99.9 Å². The number of halogens is 2. The summed E-state index contributed by atoms with van der Waals surface area (Å²) in [6.07, 6.45) is 14.8. The third-order valence-electron chi connectivity index (χ3n) is 14.5. The van der Waals surface area contributed by atoms with Crippen LogP contribution in [0.4, 0.5) is 0 Å². The Labute approximate surface area is 417 Å². The number of nitriles is 1. The number of carbonyl (C=O) groups excluding carboxylic acids is 3. The fourth-order valence-electron chi connectivity index (χ4n) is 9.99. The molecule has 3 aromatic carbocycles. The molecule has 0 saturated heterocycles. The van der Waals surface area contributed by atoms with E-state index in [1.807, 2.05) is 110 Å². The van der Waals surface area contributed by atoms with E-state index in [1.54, 1.807) is 22.9 Å². The highest BCUT2D eigenvalue weighted by molar-refractivity contribution is 9.10. The summed E-state index contributed by atoms with van der Waals surface area (Å²) in [6, 6.07) is 28.7. The van der Waals surface area contributed by atoms with Crippen molar-refractivity contribution in [2.75, 3.05) is 0 Å². The van der Waals surface area contributed by atoms with E-state index in [2.05, 4.69) is 103 Å². The second kappa shape index (κ2) is 17.6. The number of benzene rings is 3. The molecule has 12 rings (SSSR count). The number of amides is 3. The Hall–Kier alpha value is -7.28. The molecular weight excluding hydrogens is 966 g/mol. The van der Waals surface area contributed by atoms with Crippen LogP contribution in [0, 0.1) is 29.1 Å². The number of rotatable bonds is 9. The van der Waals surface area contributed by atoms with Gasteiger partial charge in [-0.05, 0) is 133 Å². The van der Waals surface area contributed by atoms with Gasteiger partial charge in [-0.2, -0.15) is 10.4 Å². The Bertz CT molecular complexity index is 3400. The van der Waals surface area contributed by atoms with Crippen LogP contribution >= 0.6 is 27.5 Å². The SMILES string of the molecule is CC1CC1(NC(=O)c1cc2cc(Br)ccc2[nH]1)c1ccn(C)c1.CC1CC1(NC(=O)c1cc2cc(C#N)ccc2[nH]1)c1ccn(C)c1.CC1CC1(NC(=O)c1cc2cc(Cl)ccc2[nH]1)c1cnn(C)c1. The molecule has 6 atom stereocenters. The minimum Gasteiger partial charge on any atom is -0.357 e. The lowest BCUT2D eigenvalue weighted by molar-refractivity contribution is 0.0914. The molecule has 14 nitrogen and oxygen atoms in total. The molecule has 0 bridgehead atoms. The van der Waals surface area contributed by atoms with Gasteiger partial charge in [0.15, 0.2) is 0 Å². The number of carbonyl (C=O) groups is 3. The molecule has 0 radical (unpaired) electrons. The molecule has 6 aromatic heterocycles. The van der Waals surface area contributed by atoms with E-state index in [1.165, 1.54) is 5.56 Å². The van der Waals surface area contributed by atoms with Gasteiger partial charge in [-0.25, -0.2) is 0 Å². The summed E-state index contributed by atoms with van der Waals surface area (Å²) >= 11 is 9.46. The largest absolute Gasteiger partial charge is 0.357 e. The van der Waals surface area contributed by atoms with Crippen LogP contribution in [0.2, 0.25) is 5.02 Å². The lowest BCUT2D eigenvalue weighted by Crippen LogP contribution is -2.36. The number of H-pyrrole nitrogens is 3. The van der Waals surface area contributed by atoms with Gasteiger partial charge in [-0.15, -0.1) is 0 Å². The molecule has 16 heteroatoms. The molecule has 356 valence electrons. The molecule has 70 heavy (non-hydrogen) atoms. The number of hydrogen-bond acceptors (Lipinski definition) is 5. The van der Waals surface area contributed by atoms with Crippen molar-refractivity contribution < 1.29 is 14.4 Å². The molecule has 0 aliphatic heterocycles. The van der Waals surface area contributed by atoms with Crippen molar-refractivity contribution in [1.82, 2.24) is 49.8 Å². The van der Waals surface area contributed by atoms with Crippen molar-refractivity contribution >= 4 is 78.0 Å². The Morgan fingerprint density at radius 3 is 1.47 bits per heavy atom. The van der Waals surface area contributed by atoms with Crippen molar-refractivity contribution in [1.29, 1.82) is 5.26 Å². The molecular formula is C54H53BrClN11O3. The smallest absolute Gasteiger partial charge is 0.268 e. The van der Waals surface area contributed by atoms with Gasteiger partial charge in [-0.3, -0.25) is 19.1 Å². The first-order valence-electron chi connectivity index (χ1n) is 23.3. The van der Waals surface area contributed by atoms with Crippen LogP contribution in [-0.4, -0.2) is 51.6 Å². The monoisotopic (exact) mass is 1020 g/mol. The summed E-state index contributed by atoms with van der Waals surface area (Å²) in [6.45, 7) is 6.46. The Kier molecular flexibility index (Phi) is 11.7. The normalized spacial score (nSPS) is 22.9. The summed E-state index contributed by atoms with van der Waals surface area (Å²) in [7, 11) is 5.87. The molecule has 0 spiro atoms. The standard InChI is InChI=1S/C19H18N4O.C18H18BrN3O.C17H17ClN4O/c1-12-9-19(12,15-5-6-23(2)11-15)22-18(24)17-8-14-7-13(10-20)3-4-16(14)21-17;1-11-9-18(11,13-5-6-22(2)10-13)21-17(23)16-8-12-7-14(19)3-4-15(12)20-16;1-10-7-17(10,12-8-19-22(2)9-12)21-16(23)15-6-11-5-13(18)3-4-14(11)20-15/h3-8,11-12,21H,9H2,1-2H3,(H,22,24);3-8,10-11,20H,9H2,1-2H3,(H,21,23);3-6,8-10,20H,7H2,1-2H3,(H,21,23). The van der Waals surface area contributed by atoms with Crippen LogP contribution in [0.3, 0.4) is 0 Å². The third kappa shape index (κ3) is 8.82. The fraction of sp³-hybridized carbons (Fsp3) is 0.278. The van der Waals surface area contributed by atoms with E-state index in [4.69, 9.17) is 16.9 Å². The predicted octanol–water partition coefficient (Wildman–Crippen LogP) is 10.2. The van der Waals surface area contributed by atoms with Crippen molar-refractivity contribution in [2.45, 2.75) is 56.7 Å². The first-order valence-corrected chi connectivity index (χ1v) is 24.5. The second-order valence-electron chi connectivity index (χ2n) is 19.6. The summed E-state index contributed by atoms with van der Waals surface area (Å²) in [5.74, 6) is 0.995. The maximum Gasteiger partial charge on any atom is 0.268 e. The number of fused-ring (bicyclic) bond motifs is 3. The lowest BCUT2D eigenvalue weighted by atomic mass is 10.1. The Balaban J connectivity index is 0.000000122. The molecule has 6 unspecified atom stereocenters. The van der Waals surface area contributed by atoms with Crippen LogP contribution in [0.5, 0.6) is 0 Å². The molecule has 3 amide bonds. The van der Waals surface area contributed by atoms with Gasteiger partial charge >= 0.3 is 0 Å². The van der Waals surface area contributed by atoms with Crippen LogP contribution in [-0.2, 0) is 37.8 Å². The van der Waals surface area contributed by atoms with Gasteiger partial charge in [0.25, 0.3) is 17.7 Å². The van der Waals surface area contributed by atoms with Crippen molar-refractivity contribution in [3.63, 3.8) is 0 Å². The maximum atomic E-state index is 12.7. The molecule has 3 fully saturated rings. The Morgan fingerprint density at radius 1 is 0.629 bits per heavy atom. The lowest BCUT2D eigenvalue weighted by Gasteiger charge is -2.17. The quantitative estimate of drug-likeness (QED) is 0.0839. The molecule has 6 heterocycles. The highest BCUT2D eigenvalue weighted by Gasteiger charge is 2.56. The molecule has 3 saturated carbocycles.